The number of hydrogen-bond acceptors (Lipinski definition) is 3. The van der Waals surface area contributed by atoms with Crippen LogP contribution >= 0.6 is 0 Å². The molecule has 0 aromatic heterocycles. The second kappa shape index (κ2) is 8.38. The zero-order chi connectivity index (χ0) is 14.3. The first-order chi connectivity index (χ1) is 9.06. The fourth-order valence-corrected chi connectivity index (χ4v) is 2.43. The lowest BCUT2D eigenvalue weighted by atomic mass is 10.1. The lowest BCUT2D eigenvalue weighted by molar-refractivity contribution is 0.140. The van der Waals surface area contributed by atoms with E-state index in [4.69, 9.17) is 5.73 Å². The van der Waals surface area contributed by atoms with Crippen LogP contribution in [0.15, 0.2) is 4.99 Å². The summed E-state index contributed by atoms with van der Waals surface area (Å²) in [5.74, 6) is 1.26. The van der Waals surface area contributed by atoms with Gasteiger partial charge in [0.1, 0.15) is 0 Å². The smallest absolute Gasteiger partial charge is 0.191 e. The van der Waals surface area contributed by atoms with Gasteiger partial charge in [0.15, 0.2) is 5.96 Å². The van der Waals surface area contributed by atoms with Crippen molar-refractivity contribution < 1.29 is 0 Å². The van der Waals surface area contributed by atoms with E-state index in [1.54, 1.807) is 0 Å². The summed E-state index contributed by atoms with van der Waals surface area (Å²) >= 11 is 0. The first kappa shape index (κ1) is 16.2. The second-order valence-corrected chi connectivity index (χ2v) is 5.58. The van der Waals surface area contributed by atoms with Gasteiger partial charge in [-0.3, -0.25) is 4.99 Å². The predicted octanol–water partition coefficient (Wildman–Crippen LogP) is 0.526. The van der Waals surface area contributed by atoms with Crippen molar-refractivity contribution in [2.24, 2.45) is 16.6 Å². The summed E-state index contributed by atoms with van der Waals surface area (Å²) in [6.45, 7) is 15.0. The molecule has 5 heteroatoms. The molecular weight excluding hydrogens is 238 g/mol. The molecule has 0 saturated carbocycles. The Morgan fingerprint density at radius 2 is 1.79 bits per heavy atom. The monoisotopic (exact) mass is 269 g/mol. The van der Waals surface area contributed by atoms with Crippen LogP contribution in [0.4, 0.5) is 0 Å². The highest BCUT2D eigenvalue weighted by atomic mass is 15.3. The topological polar surface area (TPSA) is 48.1 Å². The quantitative estimate of drug-likeness (QED) is 0.564. The third-order valence-corrected chi connectivity index (χ3v) is 3.82. The number of piperazine rings is 1. The molecule has 1 saturated heterocycles. The van der Waals surface area contributed by atoms with Crippen LogP contribution in [-0.4, -0.2) is 80.1 Å². The van der Waals surface area contributed by atoms with Crippen molar-refractivity contribution >= 4 is 5.96 Å². The number of guanidine groups is 1. The van der Waals surface area contributed by atoms with Crippen molar-refractivity contribution in [1.29, 1.82) is 0 Å². The van der Waals surface area contributed by atoms with Gasteiger partial charge in [-0.05, 0) is 26.8 Å². The van der Waals surface area contributed by atoms with Gasteiger partial charge in [-0.1, -0.05) is 6.92 Å². The number of hydrogen-bond donors (Lipinski definition) is 1. The van der Waals surface area contributed by atoms with Crippen LogP contribution in [-0.2, 0) is 0 Å². The fraction of sp³-hybridized carbons (Fsp3) is 0.929. The molecule has 0 bridgehead atoms. The number of nitrogens with two attached hydrogens (primary N) is 1. The minimum atomic E-state index is 0.567. The lowest BCUT2D eigenvalue weighted by Gasteiger charge is -2.33. The first-order valence-corrected chi connectivity index (χ1v) is 7.52. The van der Waals surface area contributed by atoms with Crippen molar-refractivity contribution in [1.82, 2.24) is 14.7 Å². The van der Waals surface area contributed by atoms with E-state index in [2.05, 4.69) is 47.5 Å². The Morgan fingerprint density at radius 1 is 1.21 bits per heavy atom. The average molecular weight is 269 g/mol. The van der Waals surface area contributed by atoms with Crippen LogP contribution in [0, 0.1) is 5.92 Å². The van der Waals surface area contributed by atoms with E-state index in [-0.39, 0.29) is 0 Å². The van der Waals surface area contributed by atoms with Crippen molar-refractivity contribution in [2.75, 3.05) is 59.4 Å². The Labute approximate surface area is 118 Å². The van der Waals surface area contributed by atoms with Gasteiger partial charge in [-0.2, -0.15) is 0 Å². The van der Waals surface area contributed by atoms with Crippen LogP contribution in [0.3, 0.4) is 0 Å². The van der Waals surface area contributed by atoms with Gasteiger partial charge in [0, 0.05) is 52.4 Å². The maximum atomic E-state index is 5.99. The molecular formula is C14H31N5. The second-order valence-electron chi connectivity index (χ2n) is 5.58. The lowest BCUT2D eigenvalue weighted by Crippen LogP contribution is -2.46. The summed E-state index contributed by atoms with van der Waals surface area (Å²) in [7, 11) is 2.19. The zero-order valence-corrected chi connectivity index (χ0v) is 13.1. The number of aliphatic imine (C=N–C) groups is 1. The SMILES string of the molecule is CCN(CC)C(N)=NCC(C)CN1CCN(C)CC1. The Morgan fingerprint density at radius 3 is 2.32 bits per heavy atom. The van der Waals surface area contributed by atoms with Gasteiger partial charge < -0.3 is 20.4 Å². The van der Waals surface area contributed by atoms with Crippen LogP contribution in [0.5, 0.6) is 0 Å². The van der Waals surface area contributed by atoms with Gasteiger partial charge in [-0.25, -0.2) is 0 Å². The third kappa shape index (κ3) is 5.78. The van der Waals surface area contributed by atoms with E-state index < -0.39 is 0 Å². The fourth-order valence-electron chi connectivity index (χ4n) is 2.43. The van der Waals surface area contributed by atoms with Crippen molar-refractivity contribution in [3.05, 3.63) is 0 Å². The van der Waals surface area contributed by atoms with Crippen molar-refractivity contribution in [3.63, 3.8) is 0 Å². The molecule has 1 heterocycles. The predicted molar refractivity (Wildman–Crippen MR) is 82.5 cm³/mol. The highest BCUT2D eigenvalue weighted by molar-refractivity contribution is 5.77. The van der Waals surface area contributed by atoms with E-state index in [9.17, 15) is 0 Å². The van der Waals surface area contributed by atoms with Crippen LogP contribution in [0.2, 0.25) is 0 Å². The van der Waals surface area contributed by atoms with E-state index in [0.29, 0.717) is 11.9 Å². The van der Waals surface area contributed by atoms with Crippen LogP contribution < -0.4 is 5.73 Å². The Kier molecular flexibility index (Phi) is 7.16. The van der Waals surface area contributed by atoms with Crippen molar-refractivity contribution in [2.45, 2.75) is 20.8 Å². The van der Waals surface area contributed by atoms with Crippen molar-refractivity contribution in [3.8, 4) is 0 Å². The van der Waals surface area contributed by atoms with Gasteiger partial charge in [0.25, 0.3) is 0 Å². The summed E-state index contributed by atoms with van der Waals surface area (Å²) in [6, 6.07) is 0. The molecule has 1 rings (SSSR count). The zero-order valence-electron chi connectivity index (χ0n) is 13.1. The number of likely N-dealkylation sites (N-methyl/N-ethyl adjacent to an activating group) is 1. The Bertz CT molecular complexity index is 267. The molecule has 1 aliphatic heterocycles. The molecule has 0 radical (unpaired) electrons. The van der Waals surface area contributed by atoms with Gasteiger partial charge >= 0.3 is 0 Å². The molecule has 1 atom stereocenters. The molecule has 0 aliphatic carbocycles. The maximum Gasteiger partial charge on any atom is 0.191 e. The van der Waals surface area contributed by atoms with E-state index >= 15 is 0 Å². The van der Waals surface area contributed by atoms with Gasteiger partial charge in [0.05, 0.1) is 0 Å². The highest BCUT2D eigenvalue weighted by Crippen LogP contribution is 2.05. The summed E-state index contributed by atoms with van der Waals surface area (Å²) in [5, 5.41) is 0. The molecule has 5 nitrogen and oxygen atoms in total. The molecule has 112 valence electrons. The van der Waals surface area contributed by atoms with Gasteiger partial charge in [-0.15, -0.1) is 0 Å². The van der Waals surface area contributed by atoms with Crippen LogP contribution in [0.25, 0.3) is 0 Å². The maximum absolute atomic E-state index is 5.99. The molecule has 1 aliphatic rings. The summed E-state index contributed by atoms with van der Waals surface area (Å²) in [5.41, 5.74) is 5.99. The minimum absolute atomic E-state index is 0.567. The third-order valence-electron chi connectivity index (χ3n) is 3.82. The molecule has 1 fully saturated rings. The minimum Gasteiger partial charge on any atom is -0.370 e. The summed E-state index contributed by atoms with van der Waals surface area (Å²) in [6.07, 6.45) is 0. The molecule has 0 aromatic rings. The number of nitrogens with zero attached hydrogens (tertiary/aromatic N) is 4. The molecule has 0 spiro atoms. The Balaban J connectivity index is 2.30. The normalized spacial score (nSPS) is 20.5. The summed E-state index contributed by atoms with van der Waals surface area (Å²) in [4.78, 5) is 11.6. The number of rotatable bonds is 6. The Hall–Kier alpha value is -0.810. The van der Waals surface area contributed by atoms with Crippen LogP contribution in [0.1, 0.15) is 20.8 Å². The van der Waals surface area contributed by atoms with Gasteiger partial charge in [0.2, 0.25) is 0 Å². The molecule has 0 aromatic carbocycles. The standard InChI is InChI=1S/C14H31N5/c1-5-19(6-2)14(15)16-11-13(3)12-18-9-7-17(4)8-10-18/h13H,5-12H2,1-4H3,(H2,15,16). The highest BCUT2D eigenvalue weighted by Gasteiger charge is 2.16. The van der Waals surface area contributed by atoms with E-state index in [1.807, 2.05) is 0 Å². The average Bonchev–Trinajstić information content (AvgIpc) is 2.40. The molecule has 19 heavy (non-hydrogen) atoms. The first-order valence-electron chi connectivity index (χ1n) is 7.52. The molecule has 1 unspecified atom stereocenters. The molecule has 0 amide bonds. The largest absolute Gasteiger partial charge is 0.370 e. The molecule has 2 N–H and O–H groups in total. The van der Waals surface area contributed by atoms with E-state index in [0.717, 1.165) is 26.2 Å². The summed E-state index contributed by atoms with van der Waals surface area (Å²) < 4.78 is 0. The van der Waals surface area contributed by atoms with E-state index in [1.165, 1.54) is 26.2 Å².